The van der Waals surface area contributed by atoms with E-state index in [0.29, 0.717) is 5.16 Å². The molecule has 0 fully saturated rings. The Balaban J connectivity index is 2.09. The normalized spacial score (nSPS) is 12.2. The van der Waals surface area contributed by atoms with Gasteiger partial charge in [0, 0.05) is 19.7 Å². The van der Waals surface area contributed by atoms with E-state index in [9.17, 15) is 4.79 Å². The first-order chi connectivity index (χ1) is 9.47. The molecule has 2 aromatic rings. The van der Waals surface area contributed by atoms with Crippen molar-refractivity contribution in [2.24, 2.45) is 0 Å². The molecule has 0 aliphatic carbocycles. The third-order valence-corrected chi connectivity index (χ3v) is 3.81. The summed E-state index contributed by atoms with van der Waals surface area (Å²) in [6.45, 7) is 3.90. The lowest BCUT2D eigenvalue weighted by Crippen LogP contribution is -2.29. The highest BCUT2D eigenvalue weighted by molar-refractivity contribution is 8.00. The van der Waals surface area contributed by atoms with Crippen LogP contribution in [0.1, 0.15) is 12.5 Å². The van der Waals surface area contributed by atoms with Crippen LogP contribution in [0.15, 0.2) is 29.4 Å². The molecule has 5 nitrogen and oxygen atoms in total. The summed E-state index contributed by atoms with van der Waals surface area (Å²) < 4.78 is 0. The van der Waals surface area contributed by atoms with Gasteiger partial charge in [-0.15, -0.1) is 5.10 Å². The molecule has 1 heterocycles. The lowest BCUT2D eigenvalue weighted by atomic mass is 10.1. The number of H-pyrrole nitrogens is 1. The van der Waals surface area contributed by atoms with Gasteiger partial charge < -0.3 is 4.90 Å². The molecular weight excluding hydrogens is 272 g/mol. The van der Waals surface area contributed by atoms with E-state index in [1.165, 1.54) is 17.3 Å². The molecular formula is C14H18N4OS. The van der Waals surface area contributed by atoms with Crippen molar-refractivity contribution in [2.75, 3.05) is 14.1 Å². The van der Waals surface area contributed by atoms with Crippen molar-refractivity contribution in [3.63, 3.8) is 0 Å². The van der Waals surface area contributed by atoms with E-state index in [0.717, 1.165) is 11.4 Å². The number of nitrogens with one attached hydrogen (secondary N) is 1. The van der Waals surface area contributed by atoms with Crippen molar-refractivity contribution in [1.29, 1.82) is 0 Å². The molecule has 6 heteroatoms. The molecule has 1 aromatic carbocycles. The predicted octanol–water partition coefficient (Wildman–Crippen LogP) is 2.35. The van der Waals surface area contributed by atoms with Crippen LogP contribution in [-0.4, -0.2) is 45.3 Å². The molecule has 1 aromatic heterocycles. The van der Waals surface area contributed by atoms with Crippen molar-refractivity contribution in [2.45, 2.75) is 24.3 Å². The van der Waals surface area contributed by atoms with Gasteiger partial charge in [0.05, 0.1) is 5.25 Å². The molecule has 0 aliphatic heterocycles. The summed E-state index contributed by atoms with van der Waals surface area (Å²) in [7, 11) is 3.49. The van der Waals surface area contributed by atoms with Gasteiger partial charge in [-0.25, -0.2) is 4.98 Å². The van der Waals surface area contributed by atoms with Crippen molar-refractivity contribution in [1.82, 2.24) is 20.1 Å². The van der Waals surface area contributed by atoms with Crippen molar-refractivity contribution in [3.05, 3.63) is 29.8 Å². The van der Waals surface area contributed by atoms with Gasteiger partial charge in [-0.05, 0) is 13.8 Å². The zero-order chi connectivity index (χ0) is 14.7. The largest absolute Gasteiger partial charge is 0.348 e. The fourth-order valence-corrected chi connectivity index (χ4v) is 2.58. The second kappa shape index (κ2) is 6.09. The SMILES string of the molecule is Cc1ccc(-c2nc(S[C@@H](C)C(=O)N(C)C)n[nH]2)cc1. The van der Waals surface area contributed by atoms with Crippen LogP contribution >= 0.6 is 11.8 Å². The number of rotatable bonds is 4. The Labute approximate surface area is 122 Å². The number of hydrogen-bond donors (Lipinski definition) is 1. The Morgan fingerprint density at radius 3 is 2.55 bits per heavy atom. The number of amides is 1. The highest BCUT2D eigenvalue weighted by Gasteiger charge is 2.18. The topological polar surface area (TPSA) is 61.9 Å². The zero-order valence-corrected chi connectivity index (χ0v) is 12.9. The quantitative estimate of drug-likeness (QED) is 0.878. The number of hydrogen-bond acceptors (Lipinski definition) is 4. The summed E-state index contributed by atoms with van der Waals surface area (Å²) in [5, 5.41) is 7.45. The Bertz CT molecular complexity index is 591. The van der Waals surface area contributed by atoms with Crippen LogP contribution in [0.5, 0.6) is 0 Å². The highest BCUT2D eigenvalue weighted by atomic mass is 32.2. The van der Waals surface area contributed by atoms with E-state index in [1.54, 1.807) is 19.0 Å². The summed E-state index contributed by atoms with van der Waals surface area (Å²) in [6, 6.07) is 8.06. The Morgan fingerprint density at radius 2 is 1.95 bits per heavy atom. The van der Waals surface area contributed by atoms with Gasteiger partial charge in [0.2, 0.25) is 11.1 Å². The number of nitrogens with zero attached hydrogens (tertiary/aromatic N) is 3. The van der Waals surface area contributed by atoms with E-state index in [4.69, 9.17) is 0 Å². The Hall–Kier alpha value is -1.82. The molecule has 2 rings (SSSR count). The minimum atomic E-state index is -0.202. The molecule has 0 unspecified atom stereocenters. The first kappa shape index (κ1) is 14.6. The van der Waals surface area contributed by atoms with E-state index < -0.39 is 0 Å². The summed E-state index contributed by atoms with van der Waals surface area (Å²) in [6.07, 6.45) is 0. The highest BCUT2D eigenvalue weighted by Crippen LogP contribution is 2.23. The minimum Gasteiger partial charge on any atom is -0.348 e. The average molecular weight is 290 g/mol. The van der Waals surface area contributed by atoms with Crippen LogP contribution in [0.4, 0.5) is 0 Å². The molecule has 1 amide bonds. The van der Waals surface area contributed by atoms with Crippen LogP contribution in [0.25, 0.3) is 11.4 Å². The molecule has 0 radical (unpaired) electrons. The lowest BCUT2D eigenvalue weighted by Gasteiger charge is -2.14. The molecule has 1 N–H and O–H groups in total. The van der Waals surface area contributed by atoms with Crippen LogP contribution in [0.3, 0.4) is 0 Å². The summed E-state index contributed by atoms with van der Waals surface area (Å²) in [4.78, 5) is 17.8. The minimum absolute atomic E-state index is 0.0525. The van der Waals surface area contributed by atoms with Crippen LogP contribution in [0.2, 0.25) is 0 Å². The Kier molecular flexibility index (Phi) is 4.44. The van der Waals surface area contributed by atoms with Crippen LogP contribution in [0, 0.1) is 6.92 Å². The second-order valence-electron chi connectivity index (χ2n) is 4.83. The molecule has 0 bridgehead atoms. The number of aromatic amines is 1. The number of aromatic nitrogens is 3. The standard InChI is InChI=1S/C14H18N4OS/c1-9-5-7-11(8-6-9)12-15-14(17-16-12)20-10(2)13(19)18(3)4/h5-8,10H,1-4H3,(H,15,16,17)/t10-/m0/s1. The fourth-order valence-electron chi connectivity index (χ4n) is 1.71. The maximum absolute atomic E-state index is 11.8. The molecule has 106 valence electrons. The van der Waals surface area contributed by atoms with Gasteiger partial charge in [0.1, 0.15) is 0 Å². The average Bonchev–Trinajstić information content (AvgIpc) is 2.87. The number of aryl methyl sites for hydroxylation is 1. The van der Waals surface area contributed by atoms with Gasteiger partial charge in [-0.2, -0.15) is 0 Å². The van der Waals surface area contributed by atoms with Crippen molar-refractivity contribution in [3.8, 4) is 11.4 Å². The lowest BCUT2D eigenvalue weighted by molar-refractivity contribution is -0.127. The van der Waals surface area contributed by atoms with Gasteiger partial charge in [-0.1, -0.05) is 41.6 Å². The van der Waals surface area contributed by atoms with Gasteiger partial charge in [-0.3, -0.25) is 9.89 Å². The van der Waals surface area contributed by atoms with E-state index >= 15 is 0 Å². The maximum Gasteiger partial charge on any atom is 0.235 e. The van der Waals surface area contributed by atoms with Crippen molar-refractivity contribution >= 4 is 17.7 Å². The summed E-state index contributed by atoms with van der Waals surface area (Å²) in [5.41, 5.74) is 2.19. The first-order valence-corrected chi connectivity index (χ1v) is 7.22. The number of carbonyl (C=O) groups is 1. The smallest absolute Gasteiger partial charge is 0.235 e. The molecule has 20 heavy (non-hydrogen) atoms. The van der Waals surface area contributed by atoms with E-state index in [-0.39, 0.29) is 11.2 Å². The third kappa shape index (κ3) is 3.39. The predicted molar refractivity (Wildman–Crippen MR) is 80.6 cm³/mol. The van der Waals surface area contributed by atoms with Gasteiger partial charge >= 0.3 is 0 Å². The number of carbonyl (C=O) groups excluding carboxylic acids is 1. The van der Waals surface area contributed by atoms with Gasteiger partial charge in [0.15, 0.2) is 5.82 Å². The zero-order valence-electron chi connectivity index (χ0n) is 12.0. The second-order valence-corrected chi connectivity index (χ2v) is 6.13. The fraction of sp³-hybridized carbons (Fsp3) is 0.357. The van der Waals surface area contributed by atoms with Crippen LogP contribution in [-0.2, 0) is 4.79 Å². The monoisotopic (exact) mass is 290 g/mol. The Morgan fingerprint density at radius 1 is 1.30 bits per heavy atom. The van der Waals surface area contributed by atoms with E-state index in [1.807, 2.05) is 38.1 Å². The van der Waals surface area contributed by atoms with Gasteiger partial charge in [0.25, 0.3) is 0 Å². The van der Waals surface area contributed by atoms with Crippen molar-refractivity contribution < 1.29 is 4.79 Å². The molecule has 0 spiro atoms. The molecule has 0 saturated heterocycles. The van der Waals surface area contributed by atoms with Crippen LogP contribution < -0.4 is 0 Å². The first-order valence-electron chi connectivity index (χ1n) is 6.34. The summed E-state index contributed by atoms with van der Waals surface area (Å²) >= 11 is 1.35. The number of benzene rings is 1. The number of thioether (sulfide) groups is 1. The molecule has 1 atom stereocenters. The van der Waals surface area contributed by atoms with E-state index in [2.05, 4.69) is 15.2 Å². The molecule has 0 saturated carbocycles. The summed E-state index contributed by atoms with van der Waals surface area (Å²) in [5.74, 6) is 0.772. The molecule has 0 aliphatic rings. The third-order valence-electron chi connectivity index (χ3n) is 2.86. The maximum atomic E-state index is 11.8.